The summed E-state index contributed by atoms with van der Waals surface area (Å²) < 4.78 is 24.4. The quantitative estimate of drug-likeness (QED) is 0.892. The Balaban J connectivity index is 2.00. The molecule has 0 fully saturated rings. The molecule has 7 heteroatoms. The Morgan fingerprint density at radius 3 is 2.45 bits per heavy atom. The smallest absolute Gasteiger partial charge is 0.175 e. The Labute approximate surface area is 118 Å². The number of aromatic nitrogens is 3. The maximum Gasteiger partial charge on any atom is 0.175 e. The third-order valence-electron chi connectivity index (χ3n) is 3.02. The van der Waals surface area contributed by atoms with Crippen LogP contribution in [-0.2, 0) is 23.4 Å². The van der Waals surface area contributed by atoms with Gasteiger partial charge >= 0.3 is 0 Å². The van der Waals surface area contributed by atoms with Crippen molar-refractivity contribution in [3.63, 3.8) is 0 Å². The van der Waals surface area contributed by atoms with Crippen LogP contribution in [0.1, 0.15) is 24.4 Å². The van der Waals surface area contributed by atoms with Gasteiger partial charge in [-0.15, -0.1) is 0 Å². The molecule has 108 valence electrons. The van der Waals surface area contributed by atoms with Crippen LogP contribution < -0.4 is 5.32 Å². The molecular weight excluding hydrogens is 276 g/mol. The van der Waals surface area contributed by atoms with Crippen LogP contribution in [0, 0.1) is 0 Å². The molecule has 0 saturated heterocycles. The van der Waals surface area contributed by atoms with E-state index in [1.807, 2.05) is 26.1 Å². The van der Waals surface area contributed by atoms with Crippen LogP contribution in [-0.4, -0.2) is 29.4 Å². The van der Waals surface area contributed by atoms with Crippen molar-refractivity contribution in [3.05, 3.63) is 42.0 Å². The van der Waals surface area contributed by atoms with E-state index >= 15 is 0 Å². The van der Waals surface area contributed by atoms with Crippen molar-refractivity contribution in [2.24, 2.45) is 7.05 Å². The number of rotatable bonds is 5. The second-order valence-corrected chi connectivity index (χ2v) is 6.79. The van der Waals surface area contributed by atoms with Gasteiger partial charge in [0.25, 0.3) is 0 Å². The number of nitrogens with one attached hydrogen (secondary N) is 1. The summed E-state index contributed by atoms with van der Waals surface area (Å²) in [5.74, 6) is 0.729. The molecule has 1 heterocycles. The highest BCUT2D eigenvalue weighted by Crippen LogP contribution is 2.16. The summed E-state index contributed by atoms with van der Waals surface area (Å²) >= 11 is 0. The fraction of sp³-hybridized carbons (Fsp3) is 0.385. The zero-order chi connectivity index (χ0) is 14.8. The summed E-state index contributed by atoms with van der Waals surface area (Å²) in [4.78, 5) is 4.47. The number of sulfone groups is 1. The zero-order valence-electron chi connectivity index (χ0n) is 11.7. The number of hydrogen-bond acceptors (Lipinski definition) is 5. The van der Waals surface area contributed by atoms with E-state index < -0.39 is 9.84 Å². The average molecular weight is 294 g/mol. The van der Waals surface area contributed by atoms with Gasteiger partial charge in [0.2, 0.25) is 0 Å². The summed E-state index contributed by atoms with van der Waals surface area (Å²) in [5, 5.41) is 7.49. The van der Waals surface area contributed by atoms with E-state index in [-0.39, 0.29) is 6.04 Å². The molecule has 0 radical (unpaired) electrons. The van der Waals surface area contributed by atoms with Crippen LogP contribution >= 0.6 is 0 Å². The third-order valence-corrected chi connectivity index (χ3v) is 4.15. The average Bonchev–Trinajstić information content (AvgIpc) is 2.81. The Morgan fingerprint density at radius 2 is 1.95 bits per heavy atom. The molecule has 0 bridgehead atoms. The van der Waals surface area contributed by atoms with Crippen molar-refractivity contribution < 1.29 is 8.42 Å². The number of benzene rings is 1. The molecular formula is C13H18N4O2S. The maximum absolute atomic E-state index is 11.4. The van der Waals surface area contributed by atoms with Crippen molar-refractivity contribution in [3.8, 4) is 0 Å². The molecule has 1 aromatic carbocycles. The van der Waals surface area contributed by atoms with Gasteiger partial charge in [-0.05, 0) is 24.6 Å². The van der Waals surface area contributed by atoms with Gasteiger partial charge in [0.05, 0.1) is 11.4 Å². The monoisotopic (exact) mass is 294 g/mol. The molecule has 0 aliphatic rings. The van der Waals surface area contributed by atoms with E-state index in [9.17, 15) is 8.42 Å². The summed E-state index contributed by atoms with van der Waals surface area (Å²) in [6, 6.07) is 6.98. The lowest BCUT2D eigenvalue weighted by Gasteiger charge is -2.13. The van der Waals surface area contributed by atoms with Gasteiger partial charge < -0.3 is 5.32 Å². The standard InChI is InChI=1S/C13H18N4O2S/c1-10(14-8-13-15-9-17(2)16-13)11-4-6-12(7-5-11)20(3,18)19/h4-7,9-10,14H,8H2,1-3H3. The Bertz CT molecular complexity index is 677. The Morgan fingerprint density at radius 1 is 1.30 bits per heavy atom. The first-order valence-corrected chi connectivity index (χ1v) is 8.13. The van der Waals surface area contributed by atoms with Gasteiger partial charge in [0.15, 0.2) is 15.7 Å². The fourth-order valence-corrected chi connectivity index (χ4v) is 2.46. The van der Waals surface area contributed by atoms with E-state index in [4.69, 9.17) is 0 Å². The van der Waals surface area contributed by atoms with Crippen LogP contribution in [0.4, 0.5) is 0 Å². The van der Waals surface area contributed by atoms with Crippen LogP contribution in [0.15, 0.2) is 35.5 Å². The predicted octanol–water partition coefficient (Wildman–Crippen LogP) is 1.07. The van der Waals surface area contributed by atoms with E-state index in [1.54, 1.807) is 23.1 Å². The lowest BCUT2D eigenvalue weighted by Crippen LogP contribution is -2.19. The summed E-state index contributed by atoms with van der Waals surface area (Å²) in [6.07, 6.45) is 2.86. The Hall–Kier alpha value is -1.73. The van der Waals surface area contributed by atoms with Crippen LogP contribution in [0.25, 0.3) is 0 Å². The topological polar surface area (TPSA) is 76.9 Å². The maximum atomic E-state index is 11.4. The van der Waals surface area contributed by atoms with E-state index in [2.05, 4.69) is 15.4 Å². The van der Waals surface area contributed by atoms with Gasteiger partial charge in [0, 0.05) is 19.3 Å². The molecule has 2 rings (SSSR count). The molecule has 0 spiro atoms. The van der Waals surface area contributed by atoms with Gasteiger partial charge in [-0.3, -0.25) is 4.68 Å². The van der Waals surface area contributed by atoms with Gasteiger partial charge in [-0.2, -0.15) is 5.10 Å². The molecule has 6 nitrogen and oxygen atoms in total. The third kappa shape index (κ3) is 3.64. The molecule has 0 amide bonds. The molecule has 0 aliphatic carbocycles. The Kier molecular flexibility index (Phi) is 4.20. The number of hydrogen-bond donors (Lipinski definition) is 1. The second kappa shape index (κ2) is 5.72. The van der Waals surface area contributed by atoms with E-state index in [0.29, 0.717) is 11.4 Å². The second-order valence-electron chi connectivity index (χ2n) is 4.78. The van der Waals surface area contributed by atoms with Crippen molar-refractivity contribution in [1.82, 2.24) is 20.1 Å². The van der Waals surface area contributed by atoms with Crippen molar-refractivity contribution >= 4 is 9.84 Å². The highest BCUT2D eigenvalue weighted by molar-refractivity contribution is 7.90. The molecule has 2 aromatic rings. The highest BCUT2D eigenvalue weighted by Gasteiger charge is 2.10. The van der Waals surface area contributed by atoms with Gasteiger partial charge in [-0.25, -0.2) is 13.4 Å². The molecule has 1 N–H and O–H groups in total. The SMILES string of the molecule is CC(NCc1ncn(C)n1)c1ccc(S(C)(=O)=O)cc1. The first-order chi connectivity index (χ1) is 9.36. The molecule has 1 atom stereocenters. The number of nitrogens with zero attached hydrogens (tertiary/aromatic N) is 3. The largest absolute Gasteiger partial charge is 0.303 e. The molecule has 0 saturated carbocycles. The molecule has 0 aliphatic heterocycles. The molecule has 20 heavy (non-hydrogen) atoms. The molecule has 1 unspecified atom stereocenters. The van der Waals surface area contributed by atoms with Crippen LogP contribution in [0.2, 0.25) is 0 Å². The fourth-order valence-electron chi connectivity index (χ4n) is 1.83. The summed E-state index contributed by atoms with van der Waals surface area (Å²) in [5.41, 5.74) is 1.02. The number of aryl methyl sites for hydroxylation is 1. The lowest BCUT2D eigenvalue weighted by atomic mass is 10.1. The summed E-state index contributed by atoms with van der Waals surface area (Å²) in [6.45, 7) is 2.58. The summed E-state index contributed by atoms with van der Waals surface area (Å²) in [7, 11) is -1.32. The minimum absolute atomic E-state index is 0.0902. The van der Waals surface area contributed by atoms with Crippen molar-refractivity contribution in [2.45, 2.75) is 24.4 Å². The highest BCUT2D eigenvalue weighted by atomic mass is 32.2. The van der Waals surface area contributed by atoms with Crippen molar-refractivity contribution in [2.75, 3.05) is 6.26 Å². The minimum Gasteiger partial charge on any atom is -0.303 e. The van der Waals surface area contributed by atoms with Gasteiger partial charge in [-0.1, -0.05) is 12.1 Å². The predicted molar refractivity (Wildman–Crippen MR) is 75.8 cm³/mol. The van der Waals surface area contributed by atoms with E-state index in [0.717, 1.165) is 11.4 Å². The zero-order valence-corrected chi connectivity index (χ0v) is 12.6. The van der Waals surface area contributed by atoms with Crippen molar-refractivity contribution in [1.29, 1.82) is 0 Å². The van der Waals surface area contributed by atoms with Crippen LogP contribution in [0.3, 0.4) is 0 Å². The van der Waals surface area contributed by atoms with Crippen LogP contribution in [0.5, 0.6) is 0 Å². The first-order valence-electron chi connectivity index (χ1n) is 6.24. The minimum atomic E-state index is -3.14. The van der Waals surface area contributed by atoms with Gasteiger partial charge in [0.1, 0.15) is 6.33 Å². The van der Waals surface area contributed by atoms with E-state index in [1.165, 1.54) is 6.26 Å². The lowest BCUT2D eigenvalue weighted by molar-refractivity contribution is 0.555. The normalized spacial score (nSPS) is 13.3. The first kappa shape index (κ1) is 14.7. The molecule has 1 aromatic heterocycles.